The fourth-order valence-electron chi connectivity index (χ4n) is 1.07. The number of hydrogen-bond acceptors (Lipinski definition) is 1. The first kappa shape index (κ1) is 10.2. The monoisotopic (exact) mass is 200 g/mol. The molecular formula is C10H10ClFO. The van der Waals surface area contributed by atoms with Gasteiger partial charge in [0.1, 0.15) is 5.82 Å². The maximum Gasteiger partial charge on any atom is 0.164 e. The summed E-state index contributed by atoms with van der Waals surface area (Å²) in [4.78, 5) is 11.4. The average Bonchev–Trinajstić information content (AvgIpc) is 2.09. The molecule has 0 amide bonds. The van der Waals surface area contributed by atoms with E-state index in [4.69, 9.17) is 11.6 Å². The minimum absolute atomic E-state index is 0.105. The van der Waals surface area contributed by atoms with E-state index in [1.165, 1.54) is 18.2 Å². The quantitative estimate of drug-likeness (QED) is 0.683. The molecule has 1 rings (SSSR count). The highest BCUT2D eigenvalue weighted by Crippen LogP contribution is 2.18. The number of rotatable bonds is 3. The Morgan fingerprint density at radius 2 is 2.23 bits per heavy atom. The molecule has 3 heteroatoms. The molecule has 0 aliphatic carbocycles. The van der Waals surface area contributed by atoms with Gasteiger partial charge in [-0.25, -0.2) is 4.39 Å². The molecule has 0 unspecified atom stereocenters. The Hall–Kier alpha value is -0.890. The summed E-state index contributed by atoms with van der Waals surface area (Å²) in [5, 5.41) is 0.319. The van der Waals surface area contributed by atoms with Gasteiger partial charge in [-0.1, -0.05) is 18.5 Å². The minimum Gasteiger partial charge on any atom is -0.294 e. The van der Waals surface area contributed by atoms with Crippen LogP contribution in [0.4, 0.5) is 4.39 Å². The van der Waals surface area contributed by atoms with Gasteiger partial charge in [-0.3, -0.25) is 4.79 Å². The summed E-state index contributed by atoms with van der Waals surface area (Å²) in [7, 11) is 0. The Bertz CT molecular complexity index is 323. The van der Waals surface area contributed by atoms with E-state index < -0.39 is 5.82 Å². The lowest BCUT2D eigenvalue weighted by Crippen LogP contribution is -1.99. The Balaban J connectivity index is 2.99. The molecule has 0 aliphatic rings. The van der Waals surface area contributed by atoms with Crippen molar-refractivity contribution in [3.8, 4) is 0 Å². The van der Waals surface area contributed by atoms with Crippen molar-refractivity contribution in [3.63, 3.8) is 0 Å². The topological polar surface area (TPSA) is 17.1 Å². The van der Waals surface area contributed by atoms with Crippen LogP contribution in [0.5, 0.6) is 0 Å². The minimum atomic E-state index is -0.427. The zero-order valence-corrected chi connectivity index (χ0v) is 8.07. The van der Waals surface area contributed by atoms with Gasteiger partial charge in [-0.2, -0.15) is 0 Å². The number of Topliss-reactive ketones (excluding diaryl/α,β-unsaturated/α-hetero) is 1. The van der Waals surface area contributed by atoms with Crippen LogP contribution in [-0.2, 0) is 0 Å². The van der Waals surface area contributed by atoms with E-state index in [1.54, 1.807) is 0 Å². The molecule has 0 atom stereocenters. The van der Waals surface area contributed by atoms with Crippen molar-refractivity contribution in [2.45, 2.75) is 19.8 Å². The van der Waals surface area contributed by atoms with Crippen LogP contribution in [0.2, 0.25) is 5.02 Å². The summed E-state index contributed by atoms with van der Waals surface area (Å²) in [5.41, 5.74) is 0.281. The highest BCUT2D eigenvalue weighted by atomic mass is 35.5. The van der Waals surface area contributed by atoms with E-state index in [0.717, 1.165) is 6.42 Å². The molecule has 1 nitrogen and oxygen atoms in total. The van der Waals surface area contributed by atoms with Crippen LogP contribution in [0.15, 0.2) is 18.2 Å². The molecule has 0 heterocycles. The molecule has 0 saturated carbocycles. The van der Waals surface area contributed by atoms with Crippen molar-refractivity contribution in [3.05, 3.63) is 34.6 Å². The van der Waals surface area contributed by atoms with Gasteiger partial charge in [0.2, 0.25) is 0 Å². The number of benzene rings is 1. The van der Waals surface area contributed by atoms with Crippen LogP contribution < -0.4 is 0 Å². The van der Waals surface area contributed by atoms with Gasteiger partial charge in [0, 0.05) is 12.0 Å². The smallest absolute Gasteiger partial charge is 0.164 e. The number of ketones is 1. The van der Waals surface area contributed by atoms with Gasteiger partial charge >= 0.3 is 0 Å². The molecule has 70 valence electrons. The maximum atomic E-state index is 12.7. The van der Waals surface area contributed by atoms with Crippen LogP contribution in [-0.4, -0.2) is 5.78 Å². The first-order valence-electron chi connectivity index (χ1n) is 4.13. The molecule has 0 aromatic heterocycles. The second-order valence-corrected chi connectivity index (χ2v) is 3.20. The van der Waals surface area contributed by atoms with E-state index in [-0.39, 0.29) is 11.3 Å². The second-order valence-electron chi connectivity index (χ2n) is 2.80. The van der Waals surface area contributed by atoms with Gasteiger partial charge in [-0.05, 0) is 24.6 Å². The highest BCUT2D eigenvalue weighted by molar-refractivity contribution is 6.33. The first-order valence-corrected chi connectivity index (χ1v) is 4.51. The predicted molar refractivity (Wildman–Crippen MR) is 50.6 cm³/mol. The third kappa shape index (κ3) is 2.52. The van der Waals surface area contributed by atoms with Crippen molar-refractivity contribution in [1.82, 2.24) is 0 Å². The zero-order valence-electron chi connectivity index (χ0n) is 7.31. The second kappa shape index (κ2) is 4.38. The molecule has 0 fully saturated rings. The number of hydrogen-bond donors (Lipinski definition) is 0. The third-order valence-electron chi connectivity index (χ3n) is 1.71. The number of carbonyl (C=O) groups excluding carboxylic acids is 1. The molecule has 0 N–H and O–H groups in total. The molecule has 1 aromatic rings. The van der Waals surface area contributed by atoms with Crippen molar-refractivity contribution < 1.29 is 9.18 Å². The highest BCUT2D eigenvalue weighted by Gasteiger charge is 2.09. The van der Waals surface area contributed by atoms with Crippen LogP contribution in [0.3, 0.4) is 0 Å². The van der Waals surface area contributed by atoms with E-state index in [2.05, 4.69) is 0 Å². The van der Waals surface area contributed by atoms with Crippen LogP contribution in [0, 0.1) is 5.82 Å². The average molecular weight is 201 g/mol. The van der Waals surface area contributed by atoms with E-state index in [9.17, 15) is 9.18 Å². The Labute approximate surface area is 81.5 Å². The molecule has 0 aliphatic heterocycles. The molecule has 0 spiro atoms. The van der Waals surface area contributed by atoms with Crippen LogP contribution in [0.25, 0.3) is 0 Å². The predicted octanol–water partition coefficient (Wildman–Crippen LogP) is 3.46. The van der Waals surface area contributed by atoms with Gasteiger partial charge in [0.05, 0.1) is 5.02 Å². The standard InChI is InChI=1S/C10H10ClFO/c1-2-3-10(13)8-6-7(12)4-5-9(8)11/h4-6H,2-3H2,1H3. The Morgan fingerprint density at radius 1 is 1.54 bits per heavy atom. The van der Waals surface area contributed by atoms with Crippen molar-refractivity contribution >= 4 is 17.4 Å². The summed E-state index contributed by atoms with van der Waals surface area (Å²) in [6, 6.07) is 3.82. The van der Waals surface area contributed by atoms with Gasteiger partial charge in [-0.15, -0.1) is 0 Å². The van der Waals surface area contributed by atoms with E-state index in [0.29, 0.717) is 11.4 Å². The lowest BCUT2D eigenvalue weighted by molar-refractivity contribution is 0.0981. The third-order valence-corrected chi connectivity index (χ3v) is 2.04. The van der Waals surface area contributed by atoms with Gasteiger partial charge in [0.25, 0.3) is 0 Å². The number of carbonyl (C=O) groups is 1. The van der Waals surface area contributed by atoms with Crippen molar-refractivity contribution in [2.75, 3.05) is 0 Å². The Morgan fingerprint density at radius 3 is 2.85 bits per heavy atom. The molecular weight excluding hydrogens is 191 g/mol. The molecule has 0 radical (unpaired) electrons. The molecule has 0 bridgehead atoms. The van der Waals surface area contributed by atoms with E-state index in [1.807, 2.05) is 6.92 Å². The number of halogens is 2. The van der Waals surface area contributed by atoms with Gasteiger partial charge < -0.3 is 0 Å². The lowest BCUT2D eigenvalue weighted by Gasteiger charge is -2.01. The largest absolute Gasteiger partial charge is 0.294 e. The normalized spacial score (nSPS) is 10.1. The van der Waals surface area contributed by atoms with Crippen LogP contribution in [0.1, 0.15) is 30.1 Å². The molecule has 13 heavy (non-hydrogen) atoms. The van der Waals surface area contributed by atoms with Crippen molar-refractivity contribution in [1.29, 1.82) is 0 Å². The first-order chi connectivity index (χ1) is 6.15. The van der Waals surface area contributed by atoms with E-state index >= 15 is 0 Å². The summed E-state index contributed by atoms with van der Waals surface area (Å²) in [6.45, 7) is 1.89. The molecule has 0 saturated heterocycles. The van der Waals surface area contributed by atoms with Crippen LogP contribution >= 0.6 is 11.6 Å². The Kier molecular flexibility index (Phi) is 3.43. The summed E-state index contributed by atoms with van der Waals surface area (Å²) in [5.74, 6) is -0.532. The molecule has 1 aromatic carbocycles. The lowest BCUT2D eigenvalue weighted by atomic mass is 10.1. The summed E-state index contributed by atoms with van der Waals surface area (Å²) >= 11 is 5.74. The van der Waals surface area contributed by atoms with Gasteiger partial charge in [0.15, 0.2) is 5.78 Å². The zero-order chi connectivity index (χ0) is 9.84. The summed E-state index contributed by atoms with van der Waals surface area (Å²) < 4.78 is 12.7. The van der Waals surface area contributed by atoms with Crippen molar-refractivity contribution in [2.24, 2.45) is 0 Å². The SMILES string of the molecule is CCCC(=O)c1cc(F)ccc1Cl. The fourth-order valence-corrected chi connectivity index (χ4v) is 1.30. The fraction of sp³-hybridized carbons (Fsp3) is 0.300. The summed E-state index contributed by atoms with van der Waals surface area (Å²) in [6.07, 6.45) is 1.15. The maximum absolute atomic E-state index is 12.7.